The minimum Gasteiger partial charge on any atom is -0.465 e. The minimum absolute atomic E-state index is 0.0651. The summed E-state index contributed by atoms with van der Waals surface area (Å²) >= 11 is 1.35. The third-order valence-electron chi connectivity index (χ3n) is 4.66. The molecule has 0 saturated heterocycles. The lowest BCUT2D eigenvalue weighted by molar-refractivity contribution is 0.0599. The van der Waals surface area contributed by atoms with Gasteiger partial charge in [0.1, 0.15) is 16.3 Å². The Balaban J connectivity index is 1.72. The zero-order valence-electron chi connectivity index (χ0n) is 17.8. The summed E-state index contributed by atoms with van der Waals surface area (Å²) < 4.78 is 36.6. The molecule has 2 aromatic heterocycles. The molecular weight excluding hydrogens is 466 g/mol. The maximum Gasteiger partial charge on any atom is 0.342 e. The van der Waals surface area contributed by atoms with E-state index in [1.807, 2.05) is 24.3 Å². The average molecular weight is 486 g/mol. The second-order valence-corrected chi connectivity index (χ2v) is 9.90. The van der Waals surface area contributed by atoms with Crippen LogP contribution in [0.15, 0.2) is 52.9 Å². The number of aromatic nitrogens is 1. The van der Waals surface area contributed by atoms with E-state index < -0.39 is 21.9 Å². The van der Waals surface area contributed by atoms with Crippen LogP contribution in [-0.2, 0) is 14.8 Å². The summed E-state index contributed by atoms with van der Waals surface area (Å²) in [6.07, 6.45) is 1.04. The van der Waals surface area contributed by atoms with Crippen LogP contribution in [0, 0.1) is 6.92 Å². The predicted molar refractivity (Wildman–Crippen MR) is 126 cm³/mol. The zero-order valence-corrected chi connectivity index (χ0v) is 19.5. The normalized spacial score (nSPS) is 11.4. The molecule has 0 radical (unpaired) electrons. The number of carbonyl (C=O) groups excluding carboxylic acids is 2. The lowest BCUT2D eigenvalue weighted by Crippen LogP contribution is -2.13. The van der Waals surface area contributed by atoms with Gasteiger partial charge in [-0.15, -0.1) is 11.3 Å². The second kappa shape index (κ2) is 8.68. The number of nitrogens with zero attached hydrogens (tertiary/aromatic N) is 1. The number of rotatable bonds is 6. The summed E-state index contributed by atoms with van der Waals surface area (Å²) in [6, 6.07) is 13.4. The summed E-state index contributed by atoms with van der Waals surface area (Å²) in [6.45, 7) is 1.60. The van der Waals surface area contributed by atoms with Crippen LogP contribution in [0.2, 0.25) is 0 Å². The number of nitrogens with one attached hydrogen (secondary N) is 2. The molecule has 0 aliphatic rings. The highest BCUT2D eigenvalue weighted by Gasteiger charge is 2.29. The van der Waals surface area contributed by atoms with Crippen molar-refractivity contribution in [1.82, 2.24) is 4.98 Å². The number of thiazole rings is 1. The van der Waals surface area contributed by atoms with Crippen LogP contribution >= 0.6 is 11.3 Å². The molecule has 9 nitrogen and oxygen atoms in total. The smallest absolute Gasteiger partial charge is 0.342 e. The molecule has 0 atom stereocenters. The van der Waals surface area contributed by atoms with E-state index in [0.717, 1.165) is 16.5 Å². The quantitative estimate of drug-likeness (QED) is 0.390. The van der Waals surface area contributed by atoms with E-state index >= 15 is 0 Å². The Hall–Kier alpha value is -3.70. The highest BCUT2D eigenvalue weighted by Crippen LogP contribution is 2.40. The number of carbonyl (C=O) groups is 2. The summed E-state index contributed by atoms with van der Waals surface area (Å²) in [4.78, 5) is 30.0. The number of aryl methyl sites for hydroxylation is 1. The van der Waals surface area contributed by atoms with E-state index in [1.54, 1.807) is 6.92 Å². The molecule has 2 N–H and O–H groups in total. The van der Waals surface area contributed by atoms with Gasteiger partial charge in [0.2, 0.25) is 15.9 Å². The number of amides is 1. The first-order valence-electron chi connectivity index (χ1n) is 9.63. The third-order valence-corrected chi connectivity index (χ3v) is 6.32. The summed E-state index contributed by atoms with van der Waals surface area (Å²) in [5.74, 6) is -0.773. The van der Waals surface area contributed by atoms with Gasteiger partial charge >= 0.3 is 5.97 Å². The number of anilines is 2. The Kier molecular flexibility index (Phi) is 5.91. The van der Waals surface area contributed by atoms with Gasteiger partial charge in [0.05, 0.1) is 29.1 Å². The van der Waals surface area contributed by atoms with Crippen LogP contribution in [-0.4, -0.2) is 38.6 Å². The van der Waals surface area contributed by atoms with Crippen molar-refractivity contribution >= 4 is 55.0 Å². The molecule has 0 unspecified atom stereocenters. The monoisotopic (exact) mass is 485 g/mol. The van der Waals surface area contributed by atoms with Crippen LogP contribution in [0.25, 0.3) is 20.8 Å². The summed E-state index contributed by atoms with van der Waals surface area (Å²) in [5.41, 5.74) is 1.85. The minimum atomic E-state index is -3.43. The number of ether oxygens (including phenoxy) is 1. The lowest BCUT2D eigenvalue weighted by Gasteiger charge is -2.07. The first-order valence-corrected chi connectivity index (χ1v) is 12.3. The molecule has 1 amide bonds. The second-order valence-electron chi connectivity index (χ2n) is 7.12. The molecule has 2 aromatic carbocycles. The third kappa shape index (κ3) is 4.73. The van der Waals surface area contributed by atoms with Crippen LogP contribution in [0.3, 0.4) is 0 Å². The number of fused-ring (bicyclic) bond motifs is 1. The van der Waals surface area contributed by atoms with Crippen molar-refractivity contribution in [2.45, 2.75) is 6.92 Å². The summed E-state index contributed by atoms with van der Waals surface area (Å²) in [7, 11) is -2.17. The SMILES string of the molecule is COC(=O)c1c(C)oc(NC(=O)c2ccc(NS(C)(=O)=O)cc2)c1-c1nc2ccccc2s1. The van der Waals surface area contributed by atoms with E-state index in [4.69, 9.17) is 9.15 Å². The number of sulfonamides is 1. The fourth-order valence-electron chi connectivity index (χ4n) is 3.24. The van der Waals surface area contributed by atoms with Gasteiger partial charge in [0, 0.05) is 11.3 Å². The number of furan rings is 1. The number of hydrogen-bond acceptors (Lipinski definition) is 8. The highest BCUT2D eigenvalue weighted by molar-refractivity contribution is 7.92. The average Bonchev–Trinajstić information content (AvgIpc) is 3.32. The predicted octanol–water partition coefficient (Wildman–Crippen LogP) is 4.28. The number of methoxy groups -OCH3 is 1. The lowest BCUT2D eigenvalue weighted by atomic mass is 10.1. The van der Waals surface area contributed by atoms with Crippen LogP contribution in [0.1, 0.15) is 26.5 Å². The molecule has 0 fully saturated rings. The van der Waals surface area contributed by atoms with E-state index in [9.17, 15) is 18.0 Å². The maximum absolute atomic E-state index is 12.9. The van der Waals surface area contributed by atoms with Crippen molar-refractivity contribution in [3.8, 4) is 10.6 Å². The molecule has 170 valence electrons. The molecule has 0 aliphatic carbocycles. The Morgan fingerprint density at radius 2 is 1.79 bits per heavy atom. The Morgan fingerprint density at radius 3 is 2.42 bits per heavy atom. The van der Waals surface area contributed by atoms with Gasteiger partial charge in [-0.1, -0.05) is 12.1 Å². The largest absolute Gasteiger partial charge is 0.465 e. The van der Waals surface area contributed by atoms with Crippen molar-refractivity contribution < 1.29 is 27.2 Å². The van der Waals surface area contributed by atoms with Crippen LogP contribution < -0.4 is 10.0 Å². The Bertz CT molecular complexity index is 1440. The standard InChI is InChI=1S/C22H19N3O6S2/c1-12-17(22(27)30-2)18(21-23-15-6-4-5-7-16(15)32-21)20(31-12)24-19(26)13-8-10-14(11-9-13)25-33(3,28)29/h4-11,25H,1-3H3,(H,24,26). The van der Waals surface area contributed by atoms with Crippen molar-refractivity contribution in [2.24, 2.45) is 0 Å². The first kappa shape index (κ1) is 22.5. The van der Waals surface area contributed by atoms with Crippen molar-refractivity contribution in [3.05, 3.63) is 65.4 Å². The van der Waals surface area contributed by atoms with Crippen molar-refractivity contribution in [3.63, 3.8) is 0 Å². The number of benzene rings is 2. The summed E-state index contributed by atoms with van der Waals surface area (Å²) in [5, 5.41) is 3.19. The molecular formula is C22H19N3O6S2. The van der Waals surface area contributed by atoms with Crippen molar-refractivity contribution in [2.75, 3.05) is 23.4 Å². The number of hydrogen-bond donors (Lipinski definition) is 2. The highest BCUT2D eigenvalue weighted by atomic mass is 32.2. The molecule has 0 bridgehead atoms. The van der Waals surface area contributed by atoms with E-state index in [1.165, 1.54) is 42.7 Å². The first-order chi connectivity index (χ1) is 15.7. The van der Waals surface area contributed by atoms with Crippen molar-refractivity contribution in [1.29, 1.82) is 0 Å². The maximum atomic E-state index is 12.9. The fraction of sp³-hybridized carbons (Fsp3) is 0.136. The number of esters is 1. The van der Waals surface area contributed by atoms with E-state index in [-0.39, 0.29) is 22.8 Å². The Labute approximate surface area is 193 Å². The number of para-hydroxylation sites is 1. The van der Waals surface area contributed by atoms with Gasteiger partial charge in [-0.05, 0) is 43.3 Å². The molecule has 4 aromatic rings. The molecule has 2 heterocycles. The molecule has 33 heavy (non-hydrogen) atoms. The Morgan fingerprint density at radius 1 is 1.09 bits per heavy atom. The topological polar surface area (TPSA) is 128 Å². The van der Waals surface area contributed by atoms with Gasteiger partial charge in [0.25, 0.3) is 5.91 Å². The van der Waals surface area contributed by atoms with Crippen LogP contribution in [0.5, 0.6) is 0 Å². The van der Waals surface area contributed by atoms with Gasteiger partial charge in [-0.2, -0.15) is 0 Å². The fourth-order valence-corrected chi connectivity index (χ4v) is 4.82. The molecule has 11 heteroatoms. The van der Waals surface area contributed by atoms with Gasteiger partial charge in [-0.3, -0.25) is 14.8 Å². The van der Waals surface area contributed by atoms with E-state index in [0.29, 0.717) is 16.3 Å². The van der Waals surface area contributed by atoms with E-state index in [2.05, 4.69) is 15.0 Å². The van der Waals surface area contributed by atoms with Crippen LogP contribution in [0.4, 0.5) is 11.6 Å². The molecule has 4 rings (SSSR count). The molecule has 0 saturated carbocycles. The molecule has 0 spiro atoms. The zero-order chi connectivity index (χ0) is 23.8. The van der Waals surface area contributed by atoms with Gasteiger partial charge in [0.15, 0.2) is 0 Å². The molecule has 0 aliphatic heterocycles. The van der Waals surface area contributed by atoms with Gasteiger partial charge in [-0.25, -0.2) is 18.2 Å². The van der Waals surface area contributed by atoms with Gasteiger partial charge < -0.3 is 9.15 Å².